The number of carbonyl (C=O) groups is 2. The minimum absolute atomic E-state index is 0.237. The molecular weight excluding hydrogens is 352 g/mol. The molecule has 3 rings (SSSR count). The fourth-order valence-electron chi connectivity index (χ4n) is 2.80. The second kappa shape index (κ2) is 8.77. The summed E-state index contributed by atoms with van der Waals surface area (Å²) in [6.07, 6.45) is 1.57. The quantitative estimate of drug-likeness (QED) is 0.748. The van der Waals surface area contributed by atoms with Gasteiger partial charge in [0.05, 0.1) is 12.3 Å². The highest BCUT2D eigenvalue weighted by molar-refractivity contribution is 7.13. The number of thiazole rings is 1. The van der Waals surface area contributed by atoms with Crippen LogP contribution >= 0.6 is 11.3 Å². The Kier molecular flexibility index (Phi) is 6.19. The van der Waals surface area contributed by atoms with E-state index in [0.717, 1.165) is 31.5 Å². The molecule has 1 saturated heterocycles. The van der Waals surface area contributed by atoms with Crippen LogP contribution in [0.15, 0.2) is 29.6 Å². The van der Waals surface area contributed by atoms with E-state index in [1.54, 1.807) is 18.5 Å². The molecule has 1 aliphatic rings. The average Bonchev–Trinajstić information content (AvgIpc) is 3.17. The van der Waals surface area contributed by atoms with Crippen LogP contribution < -0.4 is 16.0 Å². The van der Waals surface area contributed by atoms with Crippen molar-refractivity contribution in [3.63, 3.8) is 0 Å². The first-order valence-corrected chi connectivity index (χ1v) is 9.47. The van der Waals surface area contributed by atoms with E-state index in [4.69, 9.17) is 4.74 Å². The highest BCUT2D eigenvalue weighted by Gasteiger charge is 2.17. The van der Waals surface area contributed by atoms with E-state index in [1.807, 2.05) is 18.2 Å². The van der Waals surface area contributed by atoms with Crippen molar-refractivity contribution in [2.45, 2.75) is 12.8 Å². The summed E-state index contributed by atoms with van der Waals surface area (Å²) in [5.74, 6) is 0.172. The lowest BCUT2D eigenvalue weighted by Crippen LogP contribution is -2.31. The molecule has 3 N–H and O–H groups in total. The lowest BCUT2D eigenvalue weighted by atomic mass is 9.99. The summed E-state index contributed by atoms with van der Waals surface area (Å²) >= 11 is 1.35. The van der Waals surface area contributed by atoms with Crippen molar-refractivity contribution in [1.29, 1.82) is 0 Å². The topological polar surface area (TPSA) is 92.4 Å². The Labute approximate surface area is 156 Å². The molecule has 2 amide bonds. The molecule has 0 radical (unpaired) electrons. The van der Waals surface area contributed by atoms with Gasteiger partial charge >= 0.3 is 6.09 Å². The number of benzene rings is 1. The van der Waals surface area contributed by atoms with Gasteiger partial charge in [-0.05, 0) is 44.0 Å². The molecule has 1 aromatic carbocycles. The van der Waals surface area contributed by atoms with Crippen LogP contribution in [0.1, 0.15) is 23.3 Å². The molecule has 7 nitrogen and oxygen atoms in total. The van der Waals surface area contributed by atoms with Crippen LogP contribution in [0, 0.1) is 5.92 Å². The van der Waals surface area contributed by atoms with Gasteiger partial charge in [-0.15, -0.1) is 11.3 Å². The second-order valence-electron chi connectivity index (χ2n) is 6.08. The summed E-state index contributed by atoms with van der Waals surface area (Å²) in [7, 11) is 1.56. The molecule has 0 spiro atoms. The third-order valence-electron chi connectivity index (χ3n) is 4.27. The average molecular weight is 374 g/mol. The molecule has 2 aromatic rings. The summed E-state index contributed by atoms with van der Waals surface area (Å²) in [6, 6.07) is 7.35. The molecule has 2 heterocycles. The Balaban J connectivity index is 1.66. The number of piperidine rings is 1. The number of amides is 2. The Morgan fingerprint density at radius 3 is 2.85 bits per heavy atom. The Bertz CT molecular complexity index is 771. The maximum atomic E-state index is 12.2. The zero-order chi connectivity index (χ0) is 18.4. The van der Waals surface area contributed by atoms with Gasteiger partial charge in [0.25, 0.3) is 5.91 Å². The van der Waals surface area contributed by atoms with E-state index in [9.17, 15) is 9.59 Å². The van der Waals surface area contributed by atoms with Gasteiger partial charge in [0.1, 0.15) is 10.7 Å². The van der Waals surface area contributed by atoms with Crippen LogP contribution in [0.4, 0.5) is 10.5 Å². The fraction of sp³-hybridized carbons (Fsp3) is 0.389. The van der Waals surface area contributed by atoms with Crippen LogP contribution in [0.25, 0.3) is 10.6 Å². The van der Waals surface area contributed by atoms with Crippen LogP contribution in [-0.2, 0) is 4.74 Å². The van der Waals surface area contributed by atoms with Crippen molar-refractivity contribution in [3.8, 4) is 10.6 Å². The number of rotatable bonds is 5. The maximum Gasteiger partial charge on any atom is 0.411 e. The minimum atomic E-state index is -0.473. The summed E-state index contributed by atoms with van der Waals surface area (Å²) in [5.41, 5.74) is 1.72. The van der Waals surface area contributed by atoms with Gasteiger partial charge in [0.15, 0.2) is 0 Å². The molecule has 26 heavy (non-hydrogen) atoms. The van der Waals surface area contributed by atoms with Gasteiger partial charge in [-0.1, -0.05) is 12.1 Å². The Morgan fingerprint density at radius 2 is 2.08 bits per heavy atom. The second-order valence-corrected chi connectivity index (χ2v) is 6.94. The number of nitrogens with one attached hydrogen (secondary N) is 3. The van der Waals surface area contributed by atoms with Gasteiger partial charge in [0, 0.05) is 18.0 Å². The zero-order valence-corrected chi connectivity index (χ0v) is 15.4. The SMILES string of the molecule is CNC(=O)c1csc(-c2ccccc2NC(=O)OCC2CCNCC2)n1. The molecule has 0 aliphatic carbocycles. The van der Waals surface area contributed by atoms with Crippen LogP contribution in [0.5, 0.6) is 0 Å². The van der Waals surface area contributed by atoms with E-state index in [-0.39, 0.29) is 5.91 Å². The van der Waals surface area contributed by atoms with Crippen molar-refractivity contribution in [2.75, 3.05) is 32.1 Å². The van der Waals surface area contributed by atoms with Crippen molar-refractivity contribution in [1.82, 2.24) is 15.6 Å². The Hall–Kier alpha value is -2.45. The lowest BCUT2D eigenvalue weighted by molar-refractivity contribution is 0.0959. The van der Waals surface area contributed by atoms with Gasteiger partial charge in [0.2, 0.25) is 0 Å². The zero-order valence-electron chi connectivity index (χ0n) is 14.6. The normalized spacial score (nSPS) is 14.7. The molecule has 0 unspecified atom stereocenters. The summed E-state index contributed by atoms with van der Waals surface area (Å²) in [4.78, 5) is 28.2. The number of hydrogen-bond donors (Lipinski definition) is 3. The number of para-hydroxylation sites is 1. The van der Waals surface area contributed by atoms with E-state index in [0.29, 0.717) is 28.9 Å². The highest BCUT2D eigenvalue weighted by Crippen LogP contribution is 2.30. The van der Waals surface area contributed by atoms with Gasteiger partial charge < -0.3 is 15.4 Å². The molecule has 1 fully saturated rings. The van der Waals surface area contributed by atoms with Crippen LogP contribution in [-0.4, -0.2) is 43.7 Å². The van der Waals surface area contributed by atoms with E-state index in [1.165, 1.54) is 11.3 Å². The number of nitrogens with zero attached hydrogens (tertiary/aromatic N) is 1. The molecule has 1 aromatic heterocycles. The van der Waals surface area contributed by atoms with E-state index in [2.05, 4.69) is 20.9 Å². The number of ether oxygens (including phenoxy) is 1. The van der Waals surface area contributed by atoms with Gasteiger partial charge in [-0.25, -0.2) is 9.78 Å². The number of carbonyl (C=O) groups excluding carboxylic acids is 2. The highest BCUT2D eigenvalue weighted by atomic mass is 32.1. The van der Waals surface area contributed by atoms with E-state index >= 15 is 0 Å². The third kappa shape index (κ3) is 4.59. The summed E-state index contributed by atoms with van der Waals surface area (Å²) in [6.45, 7) is 2.36. The lowest BCUT2D eigenvalue weighted by Gasteiger charge is -2.22. The van der Waals surface area contributed by atoms with Crippen LogP contribution in [0.2, 0.25) is 0 Å². The fourth-order valence-corrected chi connectivity index (χ4v) is 3.64. The molecule has 138 valence electrons. The van der Waals surface area contributed by atoms with Crippen molar-refractivity contribution in [3.05, 3.63) is 35.3 Å². The molecule has 0 atom stereocenters. The largest absolute Gasteiger partial charge is 0.449 e. The summed E-state index contributed by atoms with van der Waals surface area (Å²) in [5, 5.41) is 11.0. The monoisotopic (exact) mass is 374 g/mol. The predicted octanol–water partition coefficient (Wildman–Crippen LogP) is 2.72. The van der Waals surface area contributed by atoms with Crippen LogP contribution in [0.3, 0.4) is 0 Å². The first-order valence-electron chi connectivity index (χ1n) is 8.59. The van der Waals surface area contributed by atoms with Crippen molar-refractivity contribution in [2.24, 2.45) is 5.92 Å². The number of aromatic nitrogens is 1. The van der Waals surface area contributed by atoms with E-state index < -0.39 is 6.09 Å². The summed E-state index contributed by atoms with van der Waals surface area (Å²) < 4.78 is 5.38. The Morgan fingerprint density at radius 1 is 1.31 bits per heavy atom. The van der Waals surface area contributed by atoms with Crippen molar-refractivity contribution >= 4 is 29.0 Å². The first-order chi connectivity index (χ1) is 12.7. The molecule has 0 bridgehead atoms. The standard InChI is InChI=1S/C18H22N4O3S/c1-19-16(23)15-11-26-17(21-15)13-4-2-3-5-14(13)22-18(24)25-10-12-6-8-20-9-7-12/h2-5,11-12,20H,6-10H2,1H3,(H,19,23)(H,22,24). The van der Waals surface area contributed by atoms with Gasteiger partial charge in [-0.2, -0.15) is 0 Å². The minimum Gasteiger partial charge on any atom is -0.449 e. The molecule has 8 heteroatoms. The molecular formula is C18H22N4O3S. The predicted molar refractivity (Wildman–Crippen MR) is 102 cm³/mol. The number of anilines is 1. The molecule has 0 saturated carbocycles. The van der Waals surface area contributed by atoms with Gasteiger partial charge in [-0.3, -0.25) is 10.1 Å². The first kappa shape index (κ1) is 18.3. The number of hydrogen-bond acceptors (Lipinski definition) is 6. The third-order valence-corrected chi connectivity index (χ3v) is 5.14. The molecule has 1 aliphatic heterocycles. The smallest absolute Gasteiger partial charge is 0.411 e. The van der Waals surface area contributed by atoms with Crippen molar-refractivity contribution < 1.29 is 14.3 Å². The maximum absolute atomic E-state index is 12.2.